The first-order valence-corrected chi connectivity index (χ1v) is 8.65. The molecule has 0 fully saturated rings. The van der Waals surface area contributed by atoms with Gasteiger partial charge in [-0.2, -0.15) is 0 Å². The predicted octanol–water partition coefficient (Wildman–Crippen LogP) is 3.32. The van der Waals surface area contributed by atoms with Crippen LogP contribution in [0.25, 0.3) is 0 Å². The Bertz CT molecular complexity index is 723. The number of benzene rings is 2. The van der Waals surface area contributed by atoms with Gasteiger partial charge in [0.05, 0.1) is 20.8 Å². The molecule has 0 aliphatic heterocycles. The predicted molar refractivity (Wildman–Crippen MR) is 104 cm³/mol. The maximum Gasteiger partial charge on any atom is 0.200 e. The molecule has 0 aliphatic carbocycles. The largest absolute Gasteiger partial charge is 0.502 e. The van der Waals surface area contributed by atoms with Gasteiger partial charge in [0.25, 0.3) is 0 Å². The Labute approximate surface area is 158 Å². The molecule has 7 heteroatoms. The van der Waals surface area contributed by atoms with Crippen LogP contribution in [0.5, 0.6) is 17.2 Å². The van der Waals surface area contributed by atoms with Crippen LogP contribution in [0, 0.1) is 0 Å². The molecule has 0 saturated carbocycles. The number of ether oxygens (including phenoxy) is 2. The highest BCUT2D eigenvalue weighted by molar-refractivity contribution is 6.30. The van der Waals surface area contributed by atoms with E-state index < -0.39 is 0 Å². The summed E-state index contributed by atoms with van der Waals surface area (Å²) in [5.41, 5.74) is 1.97. The fraction of sp³-hybridized carbons (Fsp3) is 0.316. The van der Waals surface area contributed by atoms with E-state index in [0.29, 0.717) is 35.6 Å². The van der Waals surface area contributed by atoms with Crippen molar-refractivity contribution in [3.05, 3.63) is 52.5 Å². The molecule has 26 heavy (non-hydrogen) atoms. The number of guanidine groups is 1. The summed E-state index contributed by atoms with van der Waals surface area (Å²) in [6, 6.07) is 11.1. The van der Waals surface area contributed by atoms with Crippen LogP contribution < -0.4 is 20.1 Å². The van der Waals surface area contributed by atoms with Gasteiger partial charge in [-0.3, -0.25) is 0 Å². The lowest BCUT2D eigenvalue weighted by Gasteiger charge is -2.13. The SMILES string of the molecule is CCNC(=NCc1cc(OC)c(O)c(OC)c1)NCc1ccc(Cl)cc1. The molecule has 0 saturated heterocycles. The Kier molecular flexibility index (Phi) is 7.41. The number of halogens is 1. The molecule has 140 valence electrons. The van der Waals surface area contributed by atoms with Crippen molar-refractivity contribution in [2.45, 2.75) is 20.0 Å². The van der Waals surface area contributed by atoms with E-state index in [4.69, 9.17) is 21.1 Å². The summed E-state index contributed by atoms with van der Waals surface area (Å²) >= 11 is 5.91. The van der Waals surface area contributed by atoms with Crippen LogP contribution in [0.2, 0.25) is 5.02 Å². The van der Waals surface area contributed by atoms with Crippen molar-refractivity contribution in [3.63, 3.8) is 0 Å². The van der Waals surface area contributed by atoms with E-state index in [2.05, 4.69) is 15.6 Å². The average Bonchev–Trinajstić information content (AvgIpc) is 2.66. The molecule has 3 N–H and O–H groups in total. The molecule has 0 radical (unpaired) electrons. The van der Waals surface area contributed by atoms with E-state index >= 15 is 0 Å². The van der Waals surface area contributed by atoms with Gasteiger partial charge in [-0.15, -0.1) is 0 Å². The Morgan fingerprint density at radius 1 is 1.04 bits per heavy atom. The van der Waals surface area contributed by atoms with Gasteiger partial charge in [-0.05, 0) is 42.3 Å². The van der Waals surface area contributed by atoms with Gasteiger partial charge < -0.3 is 25.2 Å². The molecule has 0 unspecified atom stereocenters. The highest BCUT2D eigenvalue weighted by Gasteiger charge is 2.11. The number of phenols is 1. The van der Waals surface area contributed by atoms with Gasteiger partial charge in [0, 0.05) is 18.1 Å². The second-order valence-corrected chi connectivity index (χ2v) is 5.96. The van der Waals surface area contributed by atoms with Crippen molar-refractivity contribution in [1.82, 2.24) is 10.6 Å². The number of hydrogen-bond acceptors (Lipinski definition) is 4. The monoisotopic (exact) mass is 377 g/mol. The highest BCUT2D eigenvalue weighted by atomic mass is 35.5. The van der Waals surface area contributed by atoms with E-state index in [9.17, 15) is 5.11 Å². The number of phenolic OH excluding ortho intramolecular Hbond substituents is 1. The summed E-state index contributed by atoms with van der Waals surface area (Å²) < 4.78 is 10.4. The van der Waals surface area contributed by atoms with Crippen LogP contribution >= 0.6 is 11.6 Å². The third kappa shape index (κ3) is 5.46. The van der Waals surface area contributed by atoms with E-state index in [1.165, 1.54) is 14.2 Å². The molecule has 0 spiro atoms. The van der Waals surface area contributed by atoms with Crippen molar-refractivity contribution >= 4 is 17.6 Å². The van der Waals surface area contributed by atoms with E-state index in [0.717, 1.165) is 17.7 Å². The maximum absolute atomic E-state index is 9.98. The van der Waals surface area contributed by atoms with Crippen molar-refractivity contribution in [3.8, 4) is 17.2 Å². The molecular formula is C19H24ClN3O3. The summed E-state index contributed by atoms with van der Waals surface area (Å²) in [7, 11) is 3.00. The Balaban J connectivity index is 2.09. The summed E-state index contributed by atoms with van der Waals surface area (Å²) in [6.45, 7) is 3.79. The van der Waals surface area contributed by atoms with Crippen LogP contribution in [-0.4, -0.2) is 31.8 Å². The van der Waals surface area contributed by atoms with Gasteiger partial charge in [-0.25, -0.2) is 4.99 Å². The number of aromatic hydroxyl groups is 1. The van der Waals surface area contributed by atoms with Crippen molar-refractivity contribution in [2.24, 2.45) is 4.99 Å². The Hall–Kier alpha value is -2.60. The zero-order valence-electron chi connectivity index (χ0n) is 15.2. The van der Waals surface area contributed by atoms with Gasteiger partial charge in [0.15, 0.2) is 17.5 Å². The molecule has 2 rings (SSSR count). The first kappa shape index (κ1) is 19.7. The molecule has 0 aliphatic rings. The minimum atomic E-state index is -0.0181. The van der Waals surface area contributed by atoms with Crippen LogP contribution in [0.1, 0.15) is 18.1 Å². The average molecular weight is 378 g/mol. The minimum Gasteiger partial charge on any atom is -0.502 e. The summed E-state index contributed by atoms with van der Waals surface area (Å²) in [5, 5.41) is 17.2. The zero-order valence-corrected chi connectivity index (χ0v) is 15.9. The van der Waals surface area contributed by atoms with Gasteiger partial charge in [-0.1, -0.05) is 23.7 Å². The van der Waals surface area contributed by atoms with Gasteiger partial charge in [0.2, 0.25) is 5.75 Å². The fourth-order valence-corrected chi connectivity index (χ4v) is 2.47. The van der Waals surface area contributed by atoms with E-state index in [1.54, 1.807) is 12.1 Å². The number of hydrogen-bond donors (Lipinski definition) is 3. The standard InChI is InChI=1S/C19H24ClN3O3/c1-4-21-19(22-11-13-5-7-15(20)8-6-13)23-12-14-9-16(25-2)18(24)17(10-14)26-3/h5-10,24H,4,11-12H2,1-3H3,(H2,21,22,23). The molecule has 0 aromatic heterocycles. The lowest BCUT2D eigenvalue weighted by atomic mass is 10.2. The van der Waals surface area contributed by atoms with Crippen LogP contribution in [0.3, 0.4) is 0 Å². The van der Waals surface area contributed by atoms with Crippen LogP contribution in [-0.2, 0) is 13.1 Å². The number of methoxy groups -OCH3 is 2. The number of aliphatic imine (C=N–C) groups is 1. The Morgan fingerprint density at radius 3 is 2.19 bits per heavy atom. The van der Waals surface area contributed by atoms with Gasteiger partial charge >= 0.3 is 0 Å². The highest BCUT2D eigenvalue weighted by Crippen LogP contribution is 2.37. The van der Waals surface area contributed by atoms with Crippen LogP contribution in [0.15, 0.2) is 41.4 Å². The lowest BCUT2D eigenvalue weighted by molar-refractivity contribution is 0.339. The molecule has 6 nitrogen and oxygen atoms in total. The molecule has 0 amide bonds. The van der Waals surface area contributed by atoms with E-state index in [1.807, 2.05) is 31.2 Å². The summed E-state index contributed by atoms with van der Waals surface area (Å²) in [6.07, 6.45) is 0. The maximum atomic E-state index is 9.98. The smallest absolute Gasteiger partial charge is 0.200 e. The van der Waals surface area contributed by atoms with Crippen molar-refractivity contribution < 1.29 is 14.6 Å². The van der Waals surface area contributed by atoms with E-state index in [-0.39, 0.29) is 5.75 Å². The second kappa shape index (κ2) is 9.77. The molecule has 0 bridgehead atoms. The summed E-state index contributed by atoms with van der Waals surface area (Å²) in [5.74, 6) is 1.38. The number of nitrogens with one attached hydrogen (secondary N) is 2. The Morgan fingerprint density at radius 2 is 1.65 bits per heavy atom. The molecular weight excluding hydrogens is 354 g/mol. The van der Waals surface area contributed by atoms with Crippen molar-refractivity contribution in [1.29, 1.82) is 0 Å². The van der Waals surface area contributed by atoms with Crippen LogP contribution in [0.4, 0.5) is 0 Å². The minimum absolute atomic E-state index is 0.0181. The van der Waals surface area contributed by atoms with Crippen molar-refractivity contribution in [2.75, 3.05) is 20.8 Å². The topological polar surface area (TPSA) is 75.1 Å². The lowest BCUT2D eigenvalue weighted by Crippen LogP contribution is -2.36. The number of nitrogens with zero attached hydrogens (tertiary/aromatic N) is 1. The summed E-state index contributed by atoms with van der Waals surface area (Å²) in [4.78, 5) is 4.57. The number of rotatable bonds is 7. The first-order chi connectivity index (χ1) is 12.6. The molecule has 0 atom stereocenters. The molecule has 2 aromatic carbocycles. The second-order valence-electron chi connectivity index (χ2n) is 5.52. The van der Waals surface area contributed by atoms with Gasteiger partial charge in [0.1, 0.15) is 0 Å². The quantitative estimate of drug-likeness (QED) is 0.510. The third-order valence-electron chi connectivity index (χ3n) is 3.68. The first-order valence-electron chi connectivity index (χ1n) is 8.27. The fourth-order valence-electron chi connectivity index (χ4n) is 2.34. The third-order valence-corrected chi connectivity index (χ3v) is 3.93. The zero-order chi connectivity index (χ0) is 18.9. The normalized spacial score (nSPS) is 11.2. The molecule has 0 heterocycles. The molecule has 2 aromatic rings.